The summed E-state index contributed by atoms with van der Waals surface area (Å²) in [6.07, 6.45) is 1.23. The zero-order valence-corrected chi connectivity index (χ0v) is 12.0. The van der Waals surface area contributed by atoms with E-state index in [-0.39, 0.29) is 6.54 Å². The molecule has 0 saturated heterocycles. The molecule has 2 rings (SSSR count). The van der Waals surface area contributed by atoms with Crippen LogP contribution in [0.5, 0.6) is 0 Å². The van der Waals surface area contributed by atoms with Gasteiger partial charge in [0.05, 0.1) is 0 Å². The summed E-state index contributed by atoms with van der Waals surface area (Å²) < 4.78 is 39.5. The molecular weight excluding hydrogens is 303 g/mol. The average Bonchev–Trinajstić information content (AvgIpc) is 2.46. The van der Waals surface area contributed by atoms with E-state index in [9.17, 15) is 12.8 Å². The van der Waals surface area contributed by atoms with Gasteiger partial charge in [-0.15, -0.1) is 11.6 Å². The van der Waals surface area contributed by atoms with Crippen LogP contribution in [0.15, 0.2) is 47.6 Å². The molecule has 0 amide bonds. The number of rotatable bonds is 5. The van der Waals surface area contributed by atoms with Crippen LogP contribution in [0, 0.1) is 5.82 Å². The Kier molecular flexibility index (Phi) is 4.69. The molecule has 106 valence electrons. The van der Waals surface area contributed by atoms with E-state index in [1.54, 1.807) is 24.3 Å². The third kappa shape index (κ3) is 3.53. The minimum absolute atomic E-state index is 0.0565. The van der Waals surface area contributed by atoms with Gasteiger partial charge < -0.3 is 0 Å². The molecule has 0 fully saturated rings. The molecule has 1 aromatic heterocycles. The number of aromatic nitrogens is 1. The van der Waals surface area contributed by atoms with Crippen molar-refractivity contribution in [2.75, 3.05) is 0 Å². The number of benzene rings is 1. The van der Waals surface area contributed by atoms with Crippen LogP contribution in [0.3, 0.4) is 0 Å². The number of alkyl halides is 1. The smallest absolute Gasteiger partial charge is 0.241 e. The van der Waals surface area contributed by atoms with Crippen molar-refractivity contribution in [3.8, 4) is 0 Å². The Morgan fingerprint density at radius 2 is 1.80 bits per heavy atom. The first-order valence-corrected chi connectivity index (χ1v) is 7.78. The van der Waals surface area contributed by atoms with E-state index < -0.39 is 20.9 Å². The third-order valence-corrected chi connectivity index (χ3v) is 4.27. The van der Waals surface area contributed by atoms with Crippen LogP contribution in [0.2, 0.25) is 0 Å². The van der Waals surface area contributed by atoms with E-state index in [0.717, 1.165) is 17.2 Å². The number of sulfonamides is 1. The van der Waals surface area contributed by atoms with Crippen molar-refractivity contribution < 1.29 is 12.8 Å². The summed E-state index contributed by atoms with van der Waals surface area (Å²) in [5.41, 5.74) is 1.69. The van der Waals surface area contributed by atoms with Gasteiger partial charge in [0.2, 0.25) is 5.03 Å². The van der Waals surface area contributed by atoms with Crippen molar-refractivity contribution in [3.63, 3.8) is 0 Å². The topological polar surface area (TPSA) is 59.1 Å². The molecular formula is C13H12ClFN2O2S. The molecule has 0 spiro atoms. The van der Waals surface area contributed by atoms with Gasteiger partial charge in [0.15, 0.2) is 5.82 Å². The second-order valence-electron chi connectivity index (χ2n) is 4.07. The summed E-state index contributed by atoms with van der Waals surface area (Å²) in [5, 5.41) is -0.600. The van der Waals surface area contributed by atoms with Gasteiger partial charge in [-0.25, -0.2) is 22.5 Å². The van der Waals surface area contributed by atoms with Gasteiger partial charge in [-0.3, -0.25) is 0 Å². The van der Waals surface area contributed by atoms with Crippen LogP contribution in [0.1, 0.15) is 11.1 Å². The summed E-state index contributed by atoms with van der Waals surface area (Å²) >= 11 is 5.66. The predicted octanol–water partition coefficient (Wildman–Crippen LogP) is 2.44. The first-order valence-electron chi connectivity index (χ1n) is 5.77. The summed E-state index contributed by atoms with van der Waals surface area (Å²) in [7, 11) is -3.97. The molecule has 0 bridgehead atoms. The monoisotopic (exact) mass is 314 g/mol. The lowest BCUT2D eigenvalue weighted by molar-refractivity contribution is 0.544. The number of hydrogen-bond acceptors (Lipinski definition) is 3. The van der Waals surface area contributed by atoms with E-state index in [4.69, 9.17) is 11.6 Å². The highest BCUT2D eigenvalue weighted by Gasteiger charge is 2.19. The maximum absolute atomic E-state index is 13.4. The quantitative estimate of drug-likeness (QED) is 0.862. The fourth-order valence-corrected chi connectivity index (χ4v) is 2.76. The maximum atomic E-state index is 13.4. The zero-order chi connectivity index (χ0) is 14.6. The highest BCUT2D eigenvalue weighted by Crippen LogP contribution is 2.11. The van der Waals surface area contributed by atoms with Crippen LogP contribution in [-0.4, -0.2) is 13.4 Å². The molecule has 0 saturated carbocycles. The third-order valence-electron chi connectivity index (χ3n) is 2.62. The van der Waals surface area contributed by atoms with E-state index in [1.165, 1.54) is 12.3 Å². The van der Waals surface area contributed by atoms with Crippen LogP contribution in [0.4, 0.5) is 4.39 Å². The maximum Gasteiger partial charge on any atom is 0.261 e. The molecule has 1 heterocycles. The normalized spacial score (nSPS) is 11.5. The Bertz CT molecular complexity index is 690. The van der Waals surface area contributed by atoms with Crippen molar-refractivity contribution in [3.05, 3.63) is 59.5 Å². The molecule has 1 aromatic carbocycles. The lowest BCUT2D eigenvalue weighted by Crippen LogP contribution is -2.25. The Morgan fingerprint density at radius 1 is 1.15 bits per heavy atom. The molecule has 4 nitrogen and oxygen atoms in total. The van der Waals surface area contributed by atoms with Crippen molar-refractivity contribution in [2.24, 2.45) is 0 Å². The SMILES string of the molecule is O=S(=O)(NCc1ccc(CCl)cc1)c1ncccc1F. The minimum atomic E-state index is -3.97. The lowest BCUT2D eigenvalue weighted by Gasteiger charge is -2.07. The number of hydrogen-bond donors (Lipinski definition) is 1. The molecule has 0 aliphatic rings. The van der Waals surface area contributed by atoms with Gasteiger partial charge in [0.1, 0.15) is 0 Å². The summed E-state index contributed by atoms with van der Waals surface area (Å²) in [4.78, 5) is 3.55. The Hall–Kier alpha value is -1.50. The minimum Gasteiger partial charge on any atom is -0.241 e. The average molecular weight is 315 g/mol. The molecule has 2 aromatic rings. The summed E-state index contributed by atoms with van der Waals surface area (Å²) in [5.74, 6) is -0.483. The number of nitrogens with one attached hydrogen (secondary N) is 1. The van der Waals surface area contributed by atoms with Gasteiger partial charge in [0.25, 0.3) is 10.0 Å². The lowest BCUT2D eigenvalue weighted by atomic mass is 10.1. The van der Waals surface area contributed by atoms with E-state index in [1.807, 2.05) is 0 Å². The number of halogens is 2. The molecule has 7 heteroatoms. The number of nitrogens with zero attached hydrogens (tertiary/aromatic N) is 1. The van der Waals surface area contributed by atoms with Gasteiger partial charge in [-0.2, -0.15) is 0 Å². The molecule has 0 aliphatic heterocycles. The second kappa shape index (κ2) is 6.30. The van der Waals surface area contributed by atoms with Gasteiger partial charge in [-0.05, 0) is 23.3 Å². The highest BCUT2D eigenvalue weighted by molar-refractivity contribution is 7.89. The summed E-state index contributed by atoms with van der Waals surface area (Å²) in [6.45, 7) is 0.0565. The predicted molar refractivity (Wildman–Crippen MR) is 74.2 cm³/mol. The zero-order valence-electron chi connectivity index (χ0n) is 10.4. The van der Waals surface area contributed by atoms with Crippen molar-refractivity contribution >= 4 is 21.6 Å². The molecule has 1 N–H and O–H groups in total. The molecule has 0 aliphatic carbocycles. The first-order chi connectivity index (χ1) is 9.53. The summed E-state index contributed by atoms with van der Waals surface area (Å²) in [6, 6.07) is 9.51. The fraction of sp³-hybridized carbons (Fsp3) is 0.154. The number of pyridine rings is 1. The molecule has 0 radical (unpaired) electrons. The van der Waals surface area contributed by atoms with E-state index >= 15 is 0 Å². The largest absolute Gasteiger partial charge is 0.261 e. The van der Waals surface area contributed by atoms with Gasteiger partial charge in [-0.1, -0.05) is 24.3 Å². The van der Waals surface area contributed by atoms with Crippen molar-refractivity contribution in [2.45, 2.75) is 17.5 Å². The van der Waals surface area contributed by atoms with E-state index in [0.29, 0.717) is 5.88 Å². The fourth-order valence-electron chi connectivity index (χ4n) is 1.56. The van der Waals surface area contributed by atoms with Crippen LogP contribution >= 0.6 is 11.6 Å². The van der Waals surface area contributed by atoms with Crippen molar-refractivity contribution in [1.82, 2.24) is 9.71 Å². The van der Waals surface area contributed by atoms with Gasteiger partial charge in [0, 0.05) is 18.6 Å². The first kappa shape index (κ1) is 14.9. The highest BCUT2D eigenvalue weighted by atomic mass is 35.5. The van der Waals surface area contributed by atoms with E-state index in [2.05, 4.69) is 9.71 Å². The van der Waals surface area contributed by atoms with Crippen LogP contribution in [0.25, 0.3) is 0 Å². The Labute approximate surface area is 121 Å². The standard InChI is InChI=1S/C13H12ClFN2O2S/c14-8-10-3-5-11(6-4-10)9-17-20(18,19)13-12(15)2-1-7-16-13/h1-7,17H,8-9H2. The van der Waals surface area contributed by atoms with Crippen LogP contribution in [-0.2, 0) is 22.4 Å². The van der Waals surface area contributed by atoms with Crippen molar-refractivity contribution in [1.29, 1.82) is 0 Å². The second-order valence-corrected chi connectivity index (χ2v) is 6.01. The van der Waals surface area contributed by atoms with Crippen LogP contribution < -0.4 is 4.72 Å². The molecule has 0 unspecified atom stereocenters. The Balaban J connectivity index is 2.11. The molecule has 0 atom stereocenters. The molecule has 20 heavy (non-hydrogen) atoms. The Morgan fingerprint density at radius 3 is 2.40 bits per heavy atom. The van der Waals surface area contributed by atoms with Gasteiger partial charge >= 0.3 is 0 Å².